The molecule has 0 saturated heterocycles. The highest BCUT2D eigenvalue weighted by Crippen LogP contribution is 2.45. The molecular formula is C12H16ClN3O2S. The average molecular weight is 302 g/mol. The molecule has 19 heavy (non-hydrogen) atoms. The Balaban J connectivity index is 1.82. The van der Waals surface area contributed by atoms with E-state index in [-0.39, 0.29) is 21.8 Å². The van der Waals surface area contributed by atoms with E-state index in [4.69, 9.17) is 17.3 Å². The molecule has 1 aromatic heterocycles. The molecule has 2 fully saturated rings. The minimum absolute atomic E-state index is 0.0707. The lowest BCUT2D eigenvalue weighted by atomic mass is 10.1. The van der Waals surface area contributed by atoms with Crippen LogP contribution in [0, 0.1) is 11.8 Å². The Hall–Kier alpha value is -0.850. The second-order valence-electron chi connectivity index (χ2n) is 5.36. The summed E-state index contributed by atoms with van der Waals surface area (Å²) in [5.74, 6) is 1.14. The lowest BCUT2D eigenvalue weighted by Gasteiger charge is -2.17. The third-order valence-corrected chi connectivity index (χ3v) is 5.43. The molecule has 0 aliphatic heterocycles. The van der Waals surface area contributed by atoms with E-state index < -0.39 is 10.0 Å². The van der Waals surface area contributed by atoms with E-state index in [1.807, 2.05) is 0 Å². The molecule has 3 N–H and O–H groups in total. The molecular weight excluding hydrogens is 286 g/mol. The molecule has 3 rings (SSSR count). The van der Waals surface area contributed by atoms with E-state index in [9.17, 15) is 8.42 Å². The summed E-state index contributed by atoms with van der Waals surface area (Å²) in [6, 6.07) is 1.42. The van der Waals surface area contributed by atoms with Gasteiger partial charge in [0.2, 0.25) is 10.0 Å². The van der Waals surface area contributed by atoms with Crippen molar-refractivity contribution in [2.75, 3.05) is 5.73 Å². The lowest BCUT2D eigenvalue weighted by Crippen LogP contribution is -2.38. The summed E-state index contributed by atoms with van der Waals surface area (Å²) in [7, 11) is -3.56. The number of halogens is 1. The standard InChI is InChI=1S/C12H16ClN3O2S/c13-10-5-9(6-15-12(10)14)19(17,18)16-11(7-1-2-7)8-3-4-8/h5-8,11,16H,1-4H2,(H2,14,15). The fourth-order valence-electron chi connectivity index (χ4n) is 2.31. The number of aromatic nitrogens is 1. The molecule has 7 heteroatoms. The molecule has 2 saturated carbocycles. The van der Waals surface area contributed by atoms with E-state index in [2.05, 4.69) is 9.71 Å². The summed E-state index contributed by atoms with van der Waals surface area (Å²) >= 11 is 5.83. The van der Waals surface area contributed by atoms with E-state index >= 15 is 0 Å². The molecule has 1 heterocycles. The van der Waals surface area contributed by atoms with E-state index in [1.165, 1.54) is 12.3 Å². The zero-order valence-electron chi connectivity index (χ0n) is 10.3. The van der Waals surface area contributed by atoms with Gasteiger partial charge >= 0.3 is 0 Å². The topological polar surface area (TPSA) is 85.1 Å². The second kappa shape index (κ2) is 4.61. The van der Waals surface area contributed by atoms with Crippen LogP contribution < -0.4 is 10.5 Å². The molecule has 104 valence electrons. The van der Waals surface area contributed by atoms with Gasteiger partial charge in [-0.25, -0.2) is 18.1 Å². The van der Waals surface area contributed by atoms with Crippen molar-refractivity contribution < 1.29 is 8.42 Å². The Labute approximate surface area is 117 Å². The van der Waals surface area contributed by atoms with Gasteiger partial charge in [0.25, 0.3) is 0 Å². The smallest absolute Gasteiger partial charge is 0.242 e. The van der Waals surface area contributed by atoms with Gasteiger partial charge in [-0.3, -0.25) is 0 Å². The van der Waals surface area contributed by atoms with Gasteiger partial charge in [-0.05, 0) is 43.6 Å². The molecule has 0 unspecified atom stereocenters. The van der Waals surface area contributed by atoms with Crippen molar-refractivity contribution in [2.24, 2.45) is 11.8 Å². The van der Waals surface area contributed by atoms with E-state index in [0.717, 1.165) is 25.7 Å². The molecule has 0 bridgehead atoms. The molecule has 0 radical (unpaired) electrons. The third-order valence-electron chi connectivity index (χ3n) is 3.71. The largest absolute Gasteiger partial charge is 0.382 e. The van der Waals surface area contributed by atoms with Crippen molar-refractivity contribution >= 4 is 27.4 Å². The zero-order valence-corrected chi connectivity index (χ0v) is 11.9. The monoisotopic (exact) mass is 301 g/mol. The highest BCUT2D eigenvalue weighted by Gasteiger charge is 2.43. The van der Waals surface area contributed by atoms with Gasteiger partial charge in [0, 0.05) is 12.2 Å². The minimum atomic E-state index is -3.56. The number of nitrogen functional groups attached to an aromatic ring is 1. The van der Waals surface area contributed by atoms with Crippen LogP contribution in [0.25, 0.3) is 0 Å². The Morgan fingerprint density at radius 3 is 2.37 bits per heavy atom. The molecule has 0 amide bonds. The third kappa shape index (κ3) is 2.85. The molecule has 2 aliphatic rings. The number of nitrogens with two attached hydrogens (primary N) is 1. The van der Waals surface area contributed by atoms with Crippen molar-refractivity contribution in [3.05, 3.63) is 17.3 Å². The normalized spacial score (nSPS) is 19.9. The zero-order chi connectivity index (χ0) is 13.6. The summed E-state index contributed by atoms with van der Waals surface area (Å²) in [5, 5.41) is 0.164. The van der Waals surface area contributed by atoms with Crippen LogP contribution in [0.15, 0.2) is 17.2 Å². The molecule has 2 aliphatic carbocycles. The minimum Gasteiger partial charge on any atom is -0.382 e. The number of pyridine rings is 1. The first kappa shape index (κ1) is 13.1. The average Bonchev–Trinajstić information content (AvgIpc) is 3.23. The van der Waals surface area contributed by atoms with Gasteiger partial charge in [-0.1, -0.05) is 11.6 Å². The van der Waals surface area contributed by atoms with Crippen LogP contribution in [0.1, 0.15) is 25.7 Å². The van der Waals surface area contributed by atoms with Gasteiger partial charge in [0.15, 0.2) is 0 Å². The Bertz CT molecular complexity index is 585. The maximum atomic E-state index is 12.3. The van der Waals surface area contributed by atoms with E-state index in [1.54, 1.807) is 0 Å². The summed E-state index contributed by atoms with van der Waals surface area (Å²) in [5.41, 5.74) is 5.49. The Morgan fingerprint density at radius 1 is 1.32 bits per heavy atom. The highest BCUT2D eigenvalue weighted by molar-refractivity contribution is 7.89. The van der Waals surface area contributed by atoms with Crippen molar-refractivity contribution in [1.29, 1.82) is 0 Å². The first-order valence-corrected chi connectivity index (χ1v) is 8.27. The number of anilines is 1. The number of sulfonamides is 1. The Kier molecular flexibility index (Phi) is 3.19. The number of hydrogen-bond donors (Lipinski definition) is 2. The quantitative estimate of drug-likeness (QED) is 0.868. The number of nitrogens with zero attached hydrogens (tertiary/aromatic N) is 1. The number of rotatable bonds is 5. The maximum absolute atomic E-state index is 12.3. The van der Waals surface area contributed by atoms with Crippen molar-refractivity contribution in [2.45, 2.75) is 36.6 Å². The predicted molar refractivity (Wildman–Crippen MR) is 73.2 cm³/mol. The first-order valence-electron chi connectivity index (χ1n) is 6.41. The van der Waals surface area contributed by atoms with Crippen molar-refractivity contribution in [3.8, 4) is 0 Å². The van der Waals surface area contributed by atoms with Crippen LogP contribution in [0.3, 0.4) is 0 Å². The van der Waals surface area contributed by atoms with Crippen molar-refractivity contribution in [3.63, 3.8) is 0 Å². The van der Waals surface area contributed by atoms with Gasteiger partial charge in [0.1, 0.15) is 10.7 Å². The fraction of sp³-hybridized carbons (Fsp3) is 0.583. The van der Waals surface area contributed by atoms with Crippen LogP contribution >= 0.6 is 11.6 Å². The van der Waals surface area contributed by atoms with Crippen LogP contribution in [0.2, 0.25) is 5.02 Å². The van der Waals surface area contributed by atoms with Gasteiger partial charge in [0.05, 0.1) is 5.02 Å². The predicted octanol–water partition coefficient (Wildman–Crippen LogP) is 1.78. The maximum Gasteiger partial charge on any atom is 0.242 e. The fourth-order valence-corrected chi connectivity index (χ4v) is 3.89. The SMILES string of the molecule is Nc1ncc(S(=O)(=O)NC(C2CC2)C2CC2)cc1Cl. The van der Waals surface area contributed by atoms with Gasteiger partial charge in [-0.15, -0.1) is 0 Å². The van der Waals surface area contributed by atoms with Crippen molar-refractivity contribution in [1.82, 2.24) is 9.71 Å². The Morgan fingerprint density at radius 2 is 1.89 bits per heavy atom. The van der Waals surface area contributed by atoms with Crippen LogP contribution in [-0.2, 0) is 10.0 Å². The summed E-state index contributed by atoms with van der Waals surface area (Å²) in [4.78, 5) is 3.88. The first-order chi connectivity index (χ1) is 8.97. The molecule has 5 nitrogen and oxygen atoms in total. The molecule has 0 spiro atoms. The summed E-state index contributed by atoms with van der Waals surface area (Å²) < 4.78 is 27.5. The van der Waals surface area contributed by atoms with Crippen LogP contribution in [0.4, 0.5) is 5.82 Å². The molecule has 1 aromatic rings. The van der Waals surface area contributed by atoms with Crippen LogP contribution in [0.5, 0.6) is 0 Å². The highest BCUT2D eigenvalue weighted by atomic mass is 35.5. The summed E-state index contributed by atoms with van der Waals surface area (Å²) in [6.45, 7) is 0. The lowest BCUT2D eigenvalue weighted by molar-refractivity contribution is 0.471. The van der Waals surface area contributed by atoms with Gasteiger partial charge < -0.3 is 5.73 Å². The number of nitrogens with one attached hydrogen (secondary N) is 1. The summed E-state index contributed by atoms with van der Waals surface area (Å²) in [6.07, 6.45) is 5.71. The number of hydrogen-bond acceptors (Lipinski definition) is 4. The van der Waals surface area contributed by atoms with E-state index in [0.29, 0.717) is 11.8 Å². The second-order valence-corrected chi connectivity index (χ2v) is 7.48. The van der Waals surface area contributed by atoms with Crippen LogP contribution in [-0.4, -0.2) is 19.4 Å². The molecule has 0 aromatic carbocycles. The molecule has 0 atom stereocenters. The van der Waals surface area contributed by atoms with Gasteiger partial charge in [-0.2, -0.15) is 0 Å².